The topological polar surface area (TPSA) is 44.1 Å². The number of nitrogens with zero attached hydrogens (tertiary/aromatic N) is 2. The highest BCUT2D eigenvalue weighted by Crippen LogP contribution is 2.34. The smallest absolute Gasteiger partial charge is 0.308 e. The molecule has 45 heavy (non-hydrogen) atoms. The summed E-state index contributed by atoms with van der Waals surface area (Å²) in [6, 6.07) is 42.7. The summed E-state index contributed by atoms with van der Waals surface area (Å²) in [4.78, 5) is 17.7. The number of rotatable bonds is 10. The molecule has 224 valence electrons. The van der Waals surface area contributed by atoms with Gasteiger partial charge in [-0.2, -0.15) is 0 Å². The van der Waals surface area contributed by atoms with Gasteiger partial charge in [0.2, 0.25) is 0 Å². The molecule has 0 radical (unpaired) electrons. The number of hydrogen-bond acceptors (Lipinski definition) is 4. The maximum atomic E-state index is 13.0. The lowest BCUT2D eigenvalue weighted by Gasteiger charge is -2.20. The number of thiazole rings is 1. The van der Waals surface area contributed by atoms with E-state index >= 15 is 0 Å². The van der Waals surface area contributed by atoms with E-state index in [9.17, 15) is 4.79 Å². The van der Waals surface area contributed by atoms with E-state index < -0.39 is 0 Å². The maximum absolute atomic E-state index is 13.0. The van der Waals surface area contributed by atoms with Crippen LogP contribution in [-0.4, -0.2) is 22.1 Å². The van der Waals surface area contributed by atoms with Gasteiger partial charge in [-0.1, -0.05) is 98.8 Å². The second-order valence-corrected chi connectivity index (χ2v) is 12.8. The van der Waals surface area contributed by atoms with Gasteiger partial charge >= 0.3 is 5.97 Å². The molecule has 4 nitrogen and oxygen atoms in total. The molecule has 0 N–H and O–H groups in total. The molecule has 0 bridgehead atoms. The molecule has 2 unspecified atom stereocenters. The van der Waals surface area contributed by atoms with Gasteiger partial charge in [0, 0.05) is 28.4 Å². The van der Waals surface area contributed by atoms with Crippen molar-refractivity contribution in [2.24, 2.45) is 5.92 Å². The Morgan fingerprint density at radius 1 is 0.800 bits per heavy atom. The van der Waals surface area contributed by atoms with E-state index in [2.05, 4.69) is 115 Å². The second kappa shape index (κ2) is 12.7. The number of para-hydroxylation sites is 3. The fraction of sp³-hybridized carbons (Fsp3) is 0.200. The summed E-state index contributed by atoms with van der Waals surface area (Å²) in [7, 11) is 0. The molecule has 2 aromatic heterocycles. The molecule has 5 heteroatoms. The van der Waals surface area contributed by atoms with Crippen LogP contribution in [0.3, 0.4) is 0 Å². The Morgan fingerprint density at radius 3 is 2.11 bits per heavy atom. The quantitative estimate of drug-likeness (QED) is 0.145. The lowest BCUT2D eigenvalue weighted by Crippen LogP contribution is -2.18. The van der Waals surface area contributed by atoms with Crippen LogP contribution >= 0.6 is 11.3 Å². The molecule has 5 aromatic carbocycles. The fourth-order valence-electron chi connectivity index (χ4n) is 6.38. The number of hydrogen-bond donors (Lipinski definition) is 0. The van der Waals surface area contributed by atoms with Crippen LogP contribution in [0.2, 0.25) is 0 Å². The van der Waals surface area contributed by atoms with Crippen LogP contribution in [0.15, 0.2) is 121 Å². The number of esters is 1. The van der Waals surface area contributed by atoms with Crippen molar-refractivity contribution in [2.75, 3.05) is 6.61 Å². The second-order valence-electron chi connectivity index (χ2n) is 11.8. The van der Waals surface area contributed by atoms with Gasteiger partial charge in [0.05, 0.1) is 33.8 Å². The van der Waals surface area contributed by atoms with Crippen LogP contribution in [0.5, 0.6) is 0 Å². The van der Waals surface area contributed by atoms with Gasteiger partial charge < -0.3 is 9.30 Å². The highest BCUT2D eigenvalue weighted by molar-refractivity contribution is 7.21. The van der Waals surface area contributed by atoms with Crippen LogP contribution in [-0.2, 0) is 16.0 Å². The number of benzene rings is 5. The summed E-state index contributed by atoms with van der Waals surface area (Å²) < 4.78 is 9.27. The molecule has 0 aliphatic carbocycles. The van der Waals surface area contributed by atoms with E-state index in [0.29, 0.717) is 13.0 Å². The molecule has 0 saturated carbocycles. The maximum Gasteiger partial charge on any atom is 0.308 e. The molecule has 0 fully saturated rings. The Hall–Kier alpha value is -4.74. The van der Waals surface area contributed by atoms with E-state index in [4.69, 9.17) is 9.72 Å². The largest absolute Gasteiger partial charge is 0.465 e. The molecule has 2 atom stereocenters. The molecule has 0 spiro atoms. The molecule has 0 aliphatic heterocycles. The highest BCUT2D eigenvalue weighted by Gasteiger charge is 2.21. The van der Waals surface area contributed by atoms with E-state index in [-0.39, 0.29) is 17.8 Å². The number of aromatic nitrogens is 2. The minimum Gasteiger partial charge on any atom is -0.465 e. The Morgan fingerprint density at radius 2 is 1.44 bits per heavy atom. The summed E-state index contributed by atoms with van der Waals surface area (Å²) >= 11 is 1.70. The first kappa shape index (κ1) is 29.0. The summed E-state index contributed by atoms with van der Waals surface area (Å²) in [6.45, 7) is 4.57. The first-order valence-electron chi connectivity index (χ1n) is 15.8. The number of carbonyl (C=O) groups excluding carboxylic acids is 1. The summed E-state index contributed by atoms with van der Waals surface area (Å²) in [6.07, 6.45) is 2.42. The third kappa shape index (κ3) is 5.88. The van der Waals surface area contributed by atoms with Gasteiger partial charge in [0.1, 0.15) is 5.01 Å². The first-order chi connectivity index (χ1) is 22.1. The lowest BCUT2D eigenvalue weighted by atomic mass is 9.87. The molecule has 7 aromatic rings. The SMILES string of the molecule is CCC(CC(C)C(=O)OCCc1ccc(-c2nc3ccccc3s2)cc1)c1ccc(-n2c3ccccc3c3ccccc32)cc1. The Labute approximate surface area is 267 Å². The van der Waals surface area contributed by atoms with Gasteiger partial charge in [0.25, 0.3) is 0 Å². The van der Waals surface area contributed by atoms with E-state index in [1.165, 1.54) is 32.1 Å². The van der Waals surface area contributed by atoms with Crippen molar-refractivity contribution in [1.29, 1.82) is 0 Å². The predicted octanol–water partition coefficient (Wildman–Crippen LogP) is 10.4. The van der Waals surface area contributed by atoms with Crippen molar-refractivity contribution in [3.8, 4) is 16.3 Å². The molecule has 2 heterocycles. The minimum atomic E-state index is -0.173. The van der Waals surface area contributed by atoms with E-state index in [1.54, 1.807) is 11.3 Å². The van der Waals surface area contributed by atoms with Crippen LogP contribution < -0.4 is 0 Å². The van der Waals surface area contributed by atoms with Crippen molar-refractivity contribution in [3.05, 3.63) is 132 Å². The third-order valence-electron chi connectivity index (χ3n) is 8.87. The average molecular weight is 609 g/mol. The normalized spacial score (nSPS) is 12.9. The van der Waals surface area contributed by atoms with Crippen LogP contribution in [0, 0.1) is 5.92 Å². The summed E-state index contributed by atoms with van der Waals surface area (Å²) in [5, 5.41) is 3.55. The van der Waals surface area contributed by atoms with Crippen molar-refractivity contribution in [1.82, 2.24) is 9.55 Å². The molecule has 0 aliphatic rings. The van der Waals surface area contributed by atoms with E-state index in [0.717, 1.165) is 40.2 Å². The van der Waals surface area contributed by atoms with Crippen molar-refractivity contribution in [3.63, 3.8) is 0 Å². The zero-order valence-electron chi connectivity index (χ0n) is 25.6. The fourth-order valence-corrected chi connectivity index (χ4v) is 7.35. The van der Waals surface area contributed by atoms with Gasteiger partial charge in [-0.05, 0) is 66.3 Å². The minimum absolute atomic E-state index is 0.124. The zero-order chi connectivity index (χ0) is 30.8. The highest BCUT2D eigenvalue weighted by atomic mass is 32.1. The standard InChI is InChI=1S/C40H36N2O2S/c1-3-29(30-20-22-32(23-21-30)42-36-13-7-4-10-33(36)34-11-5-8-14-37(34)42)26-27(2)40(43)44-25-24-28-16-18-31(19-17-28)39-41-35-12-6-9-15-38(35)45-39/h4-23,27,29H,3,24-26H2,1-2H3. The van der Waals surface area contributed by atoms with Crippen molar-refractivity contribution >= 4 is 49.3 Å². The van der Waals surface area contributed by atoms with Gasteiger partial charge in [-0.3, -0.25) is 4.79 Å². The number of ether oxygens (including phenoxy) is 1. The Kier molecular flexibility index (Phi) is 8.19. The van der Waals surface area contributed by atoms with Crippen LogP contribution in [0.25, 0.3) is 48.3 Å². The van der Waals surface area contributed by atoms with Gasteiger partial charge in [0.15, 0.2) is 0 Å². The summed E-state index contributed by atoms with van der Waals surface area (Å²) in [5.74, 6) is -0.00961. The van der Waals surface area contributed by atoms with Crippen LogP contribution in [0.1, 0.15) is 43.7 Å². The first-order valence-corrected chi connectivity index (χ1v) is 16.6. The molecule has 0 saturated heterocycles. The molecule has 0 amide bonds. The van der Waals surface area contributed by atoms with Gasteiger partial charge in [-0.15, -0.1) is 11.3 Å². The Bertz CT molecular complexity index is 2000. The molecule has 7 rings (SSSR count). The number of fused-ring (bicyclic) bond motifs is 4. The van der Waals surface area contributed by atoms with E-state index in [1.807, 2.05) is 25.1 Å². The average Bonchev–Trinajstić information content (AvgIpc) is 3.67. The summed E-state index contributed by atoms with van der Waals surface area (Å²) in [5.41, 5.74) is 8.11. The monoisotopic (exact) mass is 608 g/mol. The van der Waals surface area contributed by atoms with Crippen molar-refractivity contribution < 1.29 is 9.53 Å². The predicted molar refractivity (Wildman–Crippen MR) is 187 cm³/mol. The Balaban J connectivity index is 0.962. The molecular formula is C40H36N2O2S. The van der Waals surface area contributed by atoms with Gasteiger partial charge in [-0.25, -0.2) is 4.98 Å². The lowest BCUT2D eigenvalue weighted by molar-refractivity contribution is -0.148. The van der Waals surface area contributed by atoms with Crippen molar-refractivity contribution in [2.45, 2.75) is 39.0 Å². The zero-order valence-corrected chi connectivity index (χ0v) is 26.5. The molecular weight excluding hydrogens is 573 g/mol. The number of carbonyl (C=O) groups is 1. The third-order valence-corrected chi connectivity index (χ3v) is 9.95. The van der Waals surface area contributed by atoms with Crippen LogP contribution in [0.4, 0.5) is 0 Å².